The summed E-state index contributed by atoms with van der Waals surface area (Å²) in [4.78, 5) is 34.3. The van der Waals surface area contributed by atoms with Crippen LogP contribution in [0.15, 0.2) is 33.5 Å². The molecule has 3 amide bonds. The molecule has 0 atom stereocenters. The van der Waals surface area contributed by atoms with Gasteiger partial charge < -0.3 is 14.5 Å². The highest BCUT2D eigenvalue weighted by molar-refractivity contribution is 5.95. The van der Waals surface area contributed by atoms with Gasteiger partial charge in [-0.05, 0) is 31.0 Å². The Kier molecular flexibility index (Phi) is 5.35. The van der Waals surface area contributed by atoms with Crippen LogP contribution in [0.1, 0.15) is 19.4 Å². The Morgan fingerprint density at radius 2 is 2.00 bits per heavy atom. The zero-order chi connectivity index (χ0) is 16.8. The van der Waals surface area contributed by atoms with Crippen molar-refractivity contribution in [1.82, 2.24) is 10.6 Å². The van der Waals surface area contributed by atoms with Gasteiger partial charge in [0.1, 0.15) is 11.3 Å². The van der Waals surface area contributed by atoms with Gasteiger partial charge >= 0.3 is 11.7 Å². The van der Waals surface area contributed by atoms with Crippen LogP contribution in [0.25, 0.3) is 11.0 Å². The van der Waals surface area contributed by atoms with Gasteiger partial charge in [0.05, 0.1) is 0 Å². The van der Waals surface area contributed by atoms with E-state index in [-0.39, 0.29) is 6.61 Å². The second-order valence-electron chi connectivity index (χ2n) is 4.80. The molecule has 0 fully saturated rings. The standard InChI is InChI=1S/C16H18N2O5/c1-3-10-7-15(20)23-13-8-11(5-6-12(10)13)22-9-14(19)18-16(21)17-4-2/h5-8H,3-4,9H2,1-2H3,(H2,17,18,19,21). The number of aryl methyl sites for hydroxylation is 1. The molecule has 0 bridgehead atoms. The van der Waals surface area contributed by atoms with Crippen molar-refractivity contribution in [3.8, 4) is 5.75 Å². The fraction of sp³-hybridized carbons (Fsp3) is 0.312. The minimum Gasteiger partial charge on any atom is -0.484 e. The van der Waals surface area contributed by atoms with Gasteiger partial charge in [0.2, 0.25) is 0 Å². The second kappa shape index (κ2) is 7.44. The van der Waals surface area contributed by atoms with Crippen molar-refractivity contribution in [3.63, 3.8) is 0 Å². The van der Waals surface area contributed by atoms with E-state index < -0.39 is 17.6 Å². The van der Waals surface area contributed by atoms with Crippen molar-refractivity contribution < 1.29 is 18.7 Å². The lowest BCUT2D eigenvalue weighted by Gasteiger charge is -2.08. The molecule has 1 heterocycles. The first-order valence-electron chi connectivity index (χ1n) is 7.30. The van der Waals surface area contributed by atoms with Crippen LogP contribution in [0.4, 0.5) is 4.79 Å². The number of rotatable bonds is 5. The van der Waals surface area contributed by atoms with E-state index in [0.29, 0.717) is 24.3 Å². The molecule has 1 aromatic carbocycles. The van der Waals surface area contributed by atoms with Crippen molar-refractivity contribution in [1.29, 1.82) is 0 Å². The summed E-state index contributed by atoms with van der Waals surface area (Å²) >= 11 is 0. The van der Waals surface area contributed by atoms with E-state index in [0.717, 1.165) is 10.9 Å². The molecule has 0 unspecified atom stereocenters. The monoisotopic (exact) mass is 318 g/mol. The highest BCUT2D eigenvalue weighted by atomic mass is 16.5. The Morgan fingerprint density at radius 1 is 1.22 bits per heavy atom. The first-order valence-corrected chi connectivity index (χ1v) is 7.30. The first kappa shape index (κ1) is 16.5. The molecule has 0 saturated carbocycles. The Hall–Kier alpha value is -2.83. The molecule has 23 heavy (non-hydrogen) atoms. The smallest absolute Gasteiger partial charge is 0.336 e. The fourth-order valence-electron chi connectivity index (χ4n) is 2.11. The minimum absolute atomic E-state index is 0.319. The molecule has 2 rings (SSSR count). The van der Waals surface area contributed by atoms with E-state index in [1.54, 1.807) is 25.1 Å². The minimum atomic E-state index is -0.571. The van der Waals surface area contributed by atoms with Crippen LogP contribution >= 0.6 is 0 Å². The molecular weight excluding hydrogens is 300 g/mol. The molecule has 0 radical (unpaired) electrons. The number of carbonyl (C=O) groups is 2. The third-order valence-electron chi connectivity index (χ3n) is 3.14. The molecule has 0 saturated heterocycles. The summed E-state index contributed by atoms with van der Waals surface area (Å²) in [5, 5.41) is 5.39. The SMILES string of the molecule is CCNC(=O)NC(=O)COc1ccc2c(CC)cc(=O)oc2c1. The van der Waals surface area contributed by atoms with E-state index in [2.05, 4.69) is 10.6 Å². The maximum atomic E-state index is 11.5. The summed E-state index contributed by atoms with van der Waals surface area (Å²) in [6, 6.07) is 5.89. The van der Waals surface area contributed by atoms with Crippen molar-refractivity contribution in [2.45, 2.75) is 20.3 Å². The maximum Gasteiger partial charge on any atom is 0.336 e. The van der Waals surface area contributed by atoms with Crippen molar-refractivity contribution in [3.05, 3.63) is 40.2 Å². The number of ether oxygens (including phenoxy) is 1. The van der Waals surface area contributed by atoms with E-state index in [4.69, 9.17) is 9.15 Å². The highest BCUT2D eigenvalue weighted by Gasteiger charge is 2.09. The van der Waals surface area contributed by atoms with Gasteiger partial charge in [-0.2, -0.15) is 0 Å². The molecular formula is C16H18N2O5. The van der Waals surface area contributed by atoms with Crippen LogP contribution in [-0.4, -0.2) is 25.1 Å². The molecule has 122 valence electrons. The molecule has 1 aromatic heterocycles. The van der Waals surface area contributed by atoms with Crippen LogP contribution in [0.3, 0.4) is 0 Å². The van der Waals surface area contributed by atoms with Gasteiger partial charge in [-0.1, -0.05) is 6.92 Å². The van der Waals surface area contributed by atoms with Crippen LogP contribution in [0.2, 0.25) is 0 Å². The Balaban J connectivity index is 2.08. The topological polar surface area (TPSA) is 97.6 Å². The van der Waals surface area contributed by atoms with E-state index in [1.165, 1.54) is 6.07 Å². The second-order valence-corrected chi connectivity index (χ2v) is 4.80. The summed E-state index contributed by atoms with van der Waals surface area (Å²) in [6.45, 7) is 3.79. The largest absolute Gasteiger partial charge is 0.484 e. The summed E-state index contributed by atoms with van der Waals surface area (Å²) in [5.41, 5.74) is 0.855. The lowest BCUT2D eigenvalue weighted by atomic mass is 10.1. The van der Waals surface area contributed by atoms with Crippen molar-refractivity contribution in [2.75, 3.05) is 13.2 Å². The molecule has 0 aliphatic rings. The van der Waals surface area contributed by atoms with Gasteiger partial charge in [-0.25, -0.2) is 9.59 Å². The molecule has 0 aliphatic carbocycles. The number of nitrogens with one attached hydrogen (secondary N) is 2. The van der Waals surface area contributed by atoms with E-state index in [1.807, 2.05) is 6.92 Å². The summed E-state index contributed by atoms with van der Waals surface area (Å²) < 4.78 is 10.5. The quantitative estimate of drug-likeness (QED) is 0.816. The van der Waals surface area contributed by atoms with Crippen molar-refractivity contribution >= 4 is 22.9 Å². The zero-order valence-electron chi connectivity index (χ0n) is 13.0. The third-order valence-corrected chi connectivity index (χ3v) is 3.14. The Labute approximate surface area is 132 Å². The first-order chi connectivity index (χ1) is 11.0. The summed E-state index contributed by atoms with van der Waals surface area (Å²) in [6.07, 6.45) is 0.706. The van der Waals surface area contributed by atoms with Crippen LogP contribution in [0, 0.1) is 0 Å². The highest BCUT2D eigenvalue weighted by Crippen LogP contribution is 2.22. The van der Waals surface area contributed by atoms with Gasteiger partial charge in [0.15, 0.2) is 6.61 Å². The maximum absolute atomic E-state index is 11.5. The lowest BCUT2D eigenvalue weighted by Crippen LogP contribution is -2.41. The lowest BCUT2D eigenvalue weighted by molar-refractivity contribution is -0.122. The van der Waals surface area contributed by atoms with Crippen LogP contribution in [0.5, 0.6) is 5.75 Å². The number of amides is 3. The molecule has 0 aliphatic heterocycles. The van der Waals surface area contributed by atoms with E-state index in [9.17, 15) is 14.4 Å². The predicted octanol–water partition coefficient (Wildman–Crippen LogP) is 1.58. The van der Waals surface area contributed by atoms with Crippen LogP contribution < -0.4 is 21.0 Å². The number of hydrogen-bond donors (Lipinski definition) is 2. The molecule has 2 N–H and O–H groups in total. The number of fused-ring (bicyclic) bond motifs is 1. The summed E-state index contributed by atoms with van der Waals surface area (Å²) in [7, 11) is 0. The fourth-order valence-corrected chi connectivity index (χ4v) is 2.11. The van der Waals surface area contributed by atoms with Gasteiger partial charge in [0, 0.05) is 24.1 Å². The molecule has 7 heteroatoms. The van der Waals surface area contributed by atoms with E-state index >= 15 is 0 Å². The van der Waals surface area contributed by atoms with Gasteiger partial charge in [0.25, 0.3) is 5.91 Å². The normalized spacial score (nSPS) is 10.3. The molecule has 7 nitrogen and oxygen atoms in total. The average molecular weight is 318 g/mol. The number of urea groups is 1. The Bertz CT molecular complexity index is 782. The molecule has 0 spiro atoms. The average Bonchev–Trinajstić information content (AvgIpc) is 2.51. The number of carbonyl (C=O) groups excluding carboxylic acids is 2. The summed E-state index contributed by atoms with van der Waals surface area (Å²) in [5.74, 6) is -0.195. The Morgan fingerprint density at radius 3 is 2.70 bits per heavy atom. The van der Waals surface area contributed by atoms with Crippen molar-refractivity contribution in [2.24, 2.45) is 0 Å². The zero-order valence-corrected chi connectivity index (χ0v) is 13.0. The number of imide groups is 1. The number of hydrogen-bond acceptors (Lipinski definition) is 5. The van der Waals surface area contributed by atoms with Gasteiger partial charge in [-0.15, -0.1) is 0 Å². The molecule has 2 aromatic rings. The van der Waals surface area contributed by atoms with Crippen LogP contribution in [-0.2, 0) is 11.2 Å². The third kappa shape index (κ3) is 4.32. The number of benzene rings is 1. The predicted molar refractivity (Wildman–Crippen MR) is 84.6 cm³/mol. The van der Waals surface area contributed by atoms with Gasteiger partial charge in [-0.3, -0.25) is 10.1 Å².